The molecule has 0 radical (unpaired) electrons. The number of thiocarbonyl (C=S) groups is 1. The van der Waals surface area contributed by atoms with Crippen molar-refractivity contribution in [2.24, 2.45) is 0 Å². The Hall–Kier alpha value is -0.890. The van der Waals surface area contributed by atoms with E-state index < -0.39 is 15.8 Å². The molecule has 0 aliphatic carbocycles. The van der Waals surface area contributed by atoms with Crippen LogP contribution in [0, 0.1) is 0 Å². The molecule has 0 aromatic heterocycles. The smallest absolute Gasteiger partial charge is 0.322 e. The Kier molecular flexibility index (Phi) is 3.86. The highest BCUT2D eigenvalue weighted by Crippen LogP contribution is 2.10. The lowest BCUT2D eigenvalue weighted by Gasteiger charge is -2.13. The van der Waals surface area contributed by atoms with Crippen molar-refractivity contribution in [1.82, 2.24) is 10.6 Å². The molecule has 1 rings (SSSR count). The fourth-order valence-electron chi connectivity index (χ4n) is 1.30. The number of hydrogen-bond acceptors (Lipinski definition) is 4. The van der Waals surface area contributed by atoms with Gasteiger partial charge in [0.1, 0.15) is 6.54 Å². The van der Waals surface area contributed by atoms with Crippen LogP contribution in [0.2, 0.25) is 0 Å². The Morgan fingerprint density at radius 1 is 1.53 bits per heavy atom. The van der Waals surface area contributed by atoms with Crippen LogP contribution in [0.5, 0.6) is 0 Å². The van der Waals surface area contributed by atoms with Crippen LogP contribution in [0.4, 0.5) is 0 Å². The Balaban J connectivity index is 2.31. The van der Waals surface area contributed by atoms with Gasteiger partial charge in [0.2, 0.25) is 0 Å². The van der Waals surface area contributed by atoms with Crippen molar-refractivity contribution in [3.63, 3.8) is 0 Å². The van der Waals surface area contributed by atoms with E-state index in [1.54, 1.807) is 0 Å². The van der Waals surface area contributed by atoms with Gasteiger partial charge in [-0.25, -0.2) is 8.42 Å². The average molecular weight is 252 g/mol. The molecule has 3 N–H and O–H groups in total. The van der Waals surface area contributed by atoms with Crippen LogP contribution in [0.25, 0.3) is 0 Å². The van der Waals surface area contributed by atoms with Crippen LogP contribution >= 0.6 is 12.2 Å². The maximum absolute atomic E-state index is 11.1. The first-order valence-electron chi connectivity index (χ1n) is 4.35. The number of hydrogen-bond donors (Lipinski definition) is 3. The van der Waals surface area contributed by atoms with Gasteiger partial charge in [0.15, 0.2) is 14.9 Å². The second-order valence-corrected chi connectivity index (χ2v) is 5.96. The molecule has 1 fully saturated rings. The molecule has 1 saturated heterocycles. The van der Waals surface area contributed by atoms with Crippen LogP contribution in [0.15, 0.2) is 0 Å². The van der Waals surface area contributed by atoms with Crippen molar-refractivity contribution in [3.8, 4) is 0 Å². The highest BCUT2D eigenvalue weighted by molar-refractivity contribution is 7.91. The summed E-state index contributed by atoms with van der Waals surface area (Å²) in [4.78, 5) is 10.2. The normalized spacial score (nSPS) is 23.3. The van der Waals surface area contributed by atoms with E-state index >= 15 is 0 Å². The molecule has 0 aromatic rings. The predicted octanol–water partition coefficient (Wildman–Crippen LogP) is -1.28. The van der Waals surface area contributed by atoms with Gasteiger partial charge in [-0.15, -0.1) is 0 Å². The van der Waals surface area contributed by atoms with E-state index in [0.29, 0.717) is 6.42 Å². The third-order valence-electron chi connectivity index (χ3n) is 1.97. The second-order valence-electron chi connectivity index (χ2n) is 3.32. The zero-order chi connectivity index (χ0) is 11.5. The van der Waals surface area contributed by atoms with Crippen LogP contribution < -0.4 is 10.6 Å². The predicted molar refractivity (Wildman–Crippen MR) is 58.4 cm³/mol. The number of nitrogens with one attached hydrogen (secondary N) is 2. The minimum Gasteiger partial charge on any atom is -0.480 e. The van der Waals surface area contributed by atoms with E-state index in [4.69, 9.17) is 17.3 Å². The third-order valence-corrected chi connectivity index (χ3v) is 4.00. The van der Waals surface area contributed by atoms with Gasteiger partial charge in [-0.1, -0.05) is 0 Å². The molecular weight excluding hydrogens is 240 g/mol. The van der Waals surface area contributed by atoms with Gasteiger partial charge in [0.25, 0.3) is 0 Å². The summed E-state index contributed by atoms with van der Waals surface area (Å²) in [6, 6.07) is -0.205. The van der Waals surface area contributed by atoms with Crippen molar-refractivity contribution in [3.05, 3.63) is 0 Å². The molecule has 0 aromatic carbocycles. The number of carboxylic acid groups (broad SMARTS) is 1. The summed E-state index contributed by atoms with van der Waals surface area (Å²) in [5.41, 5.74) is 0. The Bertz CT molecular complexity index is 365. The van der Waals surface area contributed by atoms with E-state index in [1.165, 1.54) is 0 Å². The number of aliphatic carboxylic acids is 1. The Labute approximate surface area is 93.0 Å². The highest BCUT2D eigenvalue weighted by Gasteiger charge is 2.28. The number of carboxylic acids is 1. The lowest BCUT2D eigenvalue weighted by Crippen LogP contribution is -2.44. The van der Waals surface area contributed by atoms with E-state index in [1.807, 2.05) is 0 Å². The summed E-state index contributed by atoms with van der Waals surface area (Å²) in [7, 11) is -2.94. The molecule has 1 atom stereocenters. The lowest BCUT2D eigenvalue weighted by molar-refractivity contribution is -0.135. The van der Waals surface area contributed by atoms with Crippen LogP contribution in [0.3, 0.4) is 0 Å². The maximum Gasteiger partial charge on any atom is 0.322 e. The van der Waals surface area contributed by atoms with Crippen LogP contribution in [-0.4, -0.2) is 48.7 Å². The minimum atomic E-state index is -2.94. The molecule has 8 heteroatoms. The van der Waals surface area contributed by atoms with Gasteiger partial charge in [-0.2, -0.15) is 0 Å². The van der Waals surface area contributed by atoms with Crippen molar-refractivity contribution < 1.29 is 18.3 Å². The summed E-state index contributed by atoms with van der Waals surface area (Å²) in [5, 5.41) is 13.8. The number of sulfone groups is 1. The zero-order valence-electron chi connectivity index (χ0n) is 7.89. The highest BCUT2D eigenvalue weighted by atomic mass is 32.2. The number of carbonyl (C=O) groups is 1. The van der Waals surface area contributed by atoms with E-state index in [-0.39, 0.29) is 29.2 Å². The average Bonchev–Trinajstić information content (AvgIpc) is 2.42. The van der Waals surface area contributed by atoms with Gasteiger partial charge in [0.05, 0.1) is 11.5 Å². The van der Waals surface area contributed by atoms with E-state index in [0.717, 1.165) is 0 Å². The SMILES string of the molecule is O=C(O)CNC(=S)N[C@@H]1CCS(=O)(=O)C1. The molecule has 15 heavy (non-hydrogen) atoms. The van der Waals surface area contributed by atoms with Crippen LogP contribution in [0.1, 0.15) is 6.42 Å². The zero-order valence-corrected chi connectivity index (χ0v) is 9.53. The van der Waals surface area contributed by atoms with Gasteiger partial charge in [0, 0.05) is 6.04 Å². The second kappa shape index (κ2) is 4.75. The molecule has 0 unspecified atom stereocenters. The van der Waals surface area contributed by atoms with Gasteiger partial charge >= 0.3 is 5.97 Å². The fourth-order valence-corrected chi connectivity index (χ4v) is 3.21. The Morgan fingerprint density at radius 2 is 2.20 bits per heavy atom. The largest absolute Gasteiger partial charge is 0.480 e. The van der Waals surface area contributed by atoms with E-state index in [2.05, 4.69) is 10.6 Å². The summed E-state index contributed by atoms with van der Waals surface area (Å²) in [5.74, 6) is -0.799. The molecular formula is C7H12N2O4S2. The van der Waals surface area contributed by atoms with Crippen molar-refractivity contribution >= 4 is 33.1 Å². The maximum atomic E-state index is 11.1. The fraction of sp³-hybridized carbons (Fsp3) is 0.714. The first kappa shape index (κ1) is 12.2. The minimum absolute atomic E-state index is 0.0574. The molecule has 6 nitrogen and oxygen atoms in total. The third kappa shape index (κ3) is 4.43. The van der Waals surface area contributed by atoms with E-state index in [9.17, 15) is 13.2 Å². The first-order valence-corrected chi connectivity index (χ1v) is 6.58. The Morgan fingerprint density at radius 3 is 2.67 bits per heavy atom. The molecule has 0 spiro atoms. The van der Waals surface area contributed by atoms with Crippen molar-refractivity contribution in [1.29, 1.82) is 0 Å². The van der Waals surface area contributed by atoms with Crippen molar-refractivity contribution in [2.45, 2.75) is 12.5 Å². The molecule has 1 aliphatic heterocycles. The van der Waals surface area contributed by atoms with Crippen molar-refractivity contribution in [2.75, 3.05) is 18.1 Å². The molecule has 1 aliphatic rings. The first-order chi connectivity index (χ1) is 6.89. The van der Waals surface area contributed by atoms with Gasteiger partial charge in [-0.05, 0) is 18.6 Å². The summed E-state index contributed by atoms with van der Waals surface area (Å²) < 4.78 is 22.2. The summed E-state index contributed by atoms with van der Waals surface area (Å²) in [6.07, 6.45) is 0.511. The summed E-state index contributed by atoms with van der Waals surface area (Å²) >= 11 is 4.80. The molecule has 86 valence electrons. The number of rotatable bonds is 3. The quantitative estimate of drug-likeness (QED) is 0.539. The summed E-state index contributed by atoms with van der Waals surface area (Å²) in [6.45, 7) is -0.273. The standard InChI is InChI=1S/C7H12N2O4S2/c10-6(11)3-8-7(14)9-5-1-2-15(12,13)4-5/h5H,1-4H2,(H,10,11)(H2,8,9,14)/t5-/m1/s1. The lowest BCUT2D eigenvalue weighted by atomic mass is 10.3. The van der Waals surface area contributed by atoms with Gasteiger partial charge in [-0.3, -0.25) is 4.79 Å². The monoisotopic (exact) mass is 252 g/mol. The molecule has 0 saturated carbocycles. The molecule has 1 heterocycles. The van der Waals surface area contributed by atoms with Crippen LogP contribution in [-0.2, 0) is 14.6 Å². The molecule has 0 amide bonds. The van der Waals surface area contributed by atoms with Gasteiger partial charge < -0.3 is 15.7 Å². The molecule has 0 bridgehead atoms. The topological polar surface area (TPSA) is 95.5 Å².